The second-order valence-electron chi connectivity index (χ2n) is 3.17. The van der Waals surface area contributed by atoms with Gasteiger partial charge in [0.1, 0.15) is 6.04 Å². The lowest BCUT2D eigenvalue weighted by molar-refractivity contribution is -0.139. The summed E-state index contributed by atoms with van der Waals surface area (Å²) >= 11 is 0. The number of phenols is 2. The zero-order chi connectivity index (χ0) is 11.4. The fraction of sp³-hybridized carbons (Fsp3) is 0.300. The van der Waals surface area contributed by atoms with Crippen LogP contribution < -0.4 is 5.32 Å². The van der Waals surface area contributed by atoms with E-state index in [-0.39, 0.29) is 17.9 Å². The maximum absolute atomic E-state index is 10.7. The second kappa shape index (κ2) is 4.65. The summed E-state index contributed by atoms with van der Waals surface area (Å²) in [5, 5.41) is 30.1. The van der Waals surface area contributed by atoms with E-state index in [4.69, 9.17) is 5.11 Å². The van der Waals surface area contributed by atoms with Gasteiger partial charge in [0, 0.05) is 6.42 Å². The topological polar surface area (TPSA) is 89.8 Å². The van der Waals surface area contributed by atoms with Crippen LogP contribution in [-0.2, 0) is 11.2 Å². The molecule has 0 bridgehead atoms. The minimum atomic E-state index is -1.000. The molecule has 0 radical (unpaired) electrons. The Kier molecular flexibility index (Phi) is 3.51. The summed E-state index contributed by atoms with van der Waals surface area (Å²) in [7, 11) is 1.53. The van der Waals surface area contributed by atoms with E-state index in [1.54, 1.807) is 12.1 Å². The van der Waals surface area contributed by atoms with Gasteiger partial charge in [0.05, 0.1) is 0 Å². The predicted molar refractivity (Wildman–Crippen MR) is 54.0 cm³/mol. The van der Waals surface area contributed by atoms with Crippen molar-refractivity contribution in [2.75, 3.05) is 7.05 Å². The quantitative estimate of drug-likeness (QED) is 0.538. The molecule has 0 heterocycles. The third-order valence-electron chi connectivity index (χ3n) is 2.17. The van der Waals surface area contributed by atoms with E-state index < -0.39 is 12.0 Å². The van der Waals surface area contributed by atoms with Gasteiger partial charge >= 0.3 is 5.97 Å². The van der Waals surface area contributed by atoms with Gasteiger partial charge in [-0.3, -0.25) is 4.79 Å². The van der Waals surface area contributed by atoms with Gasteiger partial charge in [-0.25, -0.2) is 0 Å². The monoisotopic (exact) mass is 211 g/mol. The second-order valence-corrected chi connectivity index (χ2v) is 3.17. The largest absolute Gasteiger partial charge is 0.504 e. The number of phenolic OH excluding ortho intramolecular Hbond substituents is 2. The molecule has 0 saturated carbocycles. The molecule has 0 fully saturated rings. The smallest absolute Gasteiger partial charge is 0.321 e. The summed E-state index contributed by atoms with van der Waals surface area (Å²) in [6.07, 6.45) is 0.117. The molecular formula is C10H13NO4. The molecule has 0 spiro atoms. The molecular weight excluding hydrogens is 198 g/mol. The van der Waals surface area contributed by atoms with Gasteiger partial charge in [0.2, 0.25) is 0 Å². The fourth-order valence-electron chi connectivity index (χ4n) is 1.28. The maximum atomic E-state index is 10.7. The highest BCUT2D eigenvalue weighted by Crippen LogP contribution is 2.28. The number of para-hydroxylation sites is 1. The first kappa shape index (κ1) is 11.3. The molecule has 1 atom stereocenters. The summed E-state index contributed by atoms with van der Waals surface area (Å²) in [6.45, 7) is 0. The number of carboxylic acids is 1. The van der Waals surface area contributed by atoms with E-state index in [1.807, 2.05) is 0 Å². The van der Waals surface area contributed by atoms with Crippen LogP contribution >= 0.6 is 0 Å². The zero-order valence-electron chi connectivity index (χ0n) is 8.27. The van der Waals surface area contributed by atoms with Crippen molar-refractivity contribution in [3.05, 3.63) is 23.8 Å². The molecule has 1 aromatic carbocycles. The van der Waals surface area contributed by atoms with E-state index in [9.17, 15) is 15.0 Å². The average molecular weight is 211 g/mol. The van der Waals surface area contributed by atoms with Gasteiger partial charge in [-0.2, -0.15) is 0 Å². The van der Waals surface area contributed by atoms with Crippen LogP contribution in [0, 0.1) is 0 Å². The third kappa shape index (κ3) is 2.60. The number of benzene rings is 1. The molecule has 4 N–H and O–H groups in total. The zero-order valence-corrected chi connectivity index (χ0v) is 8.27. The van der Waals surface area contributed by atoms with Crippen molar-refractivity contribution >= 4 is 5.97 Å². The summed E-state index contributed by atoms with van der Waals surface area (Å²) in [6, 6.07) is 3.69. The van der Waals surface area contributed by atoms with Crippen LogP contribution in [0.1, 0.15) is 5.56 Å². The standard InChI is InChI=1S/C10H13NO4/c1-11-7(10(14)15)5-6-3-2-4-8(12)9(6)13/h2-4,7,11-13H,5H2,1H3,(H,14,15). The van der Waals surface area contributed by atoms with Crippen LogP contribution in [0.25, 0.3) is 0 Å². The van der Waals surface area contributed by atoms with E-state index in [1.165, 1.54) is 13.1 Å². The molecule has 0 aliphatic rings. The first-order valence-electron chi connectivity index (χ1n) is 4.46. The molecule has 0 aromatic heterocycles. The van der Waals surface area contributed by atoms with E-state index in [0.29, 0.717) is 5.56 Å². The van der Waals surface area contributed by atoms with Gasteiger partial charge in [-0.05, 0) is 18.7 Å². The Morgan fingerprint density at radius 3 is 2.67 bits per heavy atom. The highest BCUT2D eigenvalue weighted by molar-refractivity contribution is 5.74. The molecule has 15 heavy (non-hydrogen) atoms. The summed E-state index contributed by atoms with van der Waals surface area (Å²) in [5.74, 6) is -1.51. The minimum absolute atomic E-state index is 0.117. The number of hydrogen-bond acceptors (Lipinski definition) is 4. The number of hydrogen-bond donors (Lipinski definition) is 4. The molecule has 82 valence electrons. The van der Waals surface area contributed by atoms with Gasteiger partial charge in [-0.1, -0.05) is 12.1 Å². The average Bonchev–Trinajstić information content (AvgIpc) is 2.19. The van der Waals surface area contributed by atoms with Gasteiger partial charge in [-0.15, -0.1) is 0 Å². The van der Waals surface area contributed by atoms with Crippen molar-refractivity contribution in [1.82, 2.24) is 5.32 Å². The van der Waals surface area contributed by atoms with Gasteiger partial charge in [0.15, 0.2) is 11.5 Å². The van der Waals surface area contributed by atoms with Crippen molar-refractivity contribution in [2.45, 2.75) is 12.5 Å². The third-order valence-corrected chi connectivity index (χ3v) is 2.17. The Morgan fingerprint density at radius 1 is 1.47 bits per heavy atom. The number of carboxylic acid groups (broad SMARTS) is 1. The molecule has 0 amide bonds. The summed E-state index contributed by atoms with van der Waals surface area (Å²) in [4.78, 5) is 10.7. The molecule has 5 heteroatoms. The van der Waals surface area contributed by atoms with Crippen LogP contribution in [0.15, 0.2) is 18.2 Å². The normalized spacial score (nSPS) is 12.3. The Balaban J connectivity index is 2.88. The molecule has 1 unspecified atom stereocenters. The fourth-order valence-corrected chi connectivity index (χ4v) is 1.28. The van der Waals surface area contributed by atoms with Crippen LogP contribution in [0.5, 0.6) is 11.5 Å². The Hall–Kier alpha value is -1.75. The molecule has 0 aliphatic carbocycles. The van der Waals surface area contributed by atoms with Crippen LogP contribution in [0.2, 0.25) is 0 Å². The van der Waals surface area contributed by atoms with E-state index >= 15 is 0 Å². The van der Waals surface area contributed by atoms with Crippen LogP contribution in [0.3, 0.4) is 0 Å². The van der Waals surface area contributed by atoms with Crippen LogP contribution in [0.4, 0.5) is 0 Å². The number of aromatic hydroxyl groups is 2. The number of aliphatic carboxylic acids is 1. The van der Waals surface area contributed by atoms with Crippen molar-refractivity contribution in [1.29, 1.82) is 0 Å². The lowest BCUT2D eigenvalue weighted by atomic mass is 10.0. The maximum Gasteiger partial charge on any atom is 0.321 e. The van der Waals surface area contributed by atoms with Gasteiger partial charge in [0.25, 0.3) is 0 Å². The number of likely N-dealkylation sites (N-methyl/N-ethyl adjacent to an activating group) is 1. The van der Waals surface area contributed by atoms with E-state index in [0.717, 1.165) is 0 Å². The summed E-state index contributed by atoms with van der Waals surface area (Å²) < 4.78 is 0. The Bertz CT molecular complexity index is 364. The molecule has 1 rings (SSSR count). The molecule has 0 saturated heterocycles. The van der Waals surface area contributed by atoms with Gasteiger partial charge < -0.3 is 20.6 Å². The van der Waals surface area contributed by atoms with Crippen molar-refractivity contribution in [2.24, 2.45) is 0 Å². The number of rotatable bonds is 4. The predicted octanol–water partition coefficient (Wildman–Crippen LogP) is 0.313. The SMILES string of the molecule is CNC(Cc1cccc(O)c1O)C(=O)O. The summed E-state index contributed by atoms with van der Waals surface area (Å²) in [5.41, 5.74) is 0.400. The molecule has 5 nitrogen and oxygen atoms in total. The van der Waals surface area contributed by atoms with Crippen LogP contribution in [-0.4, -0.2) is 34.4 Å². The molecule has 0 aliphatic heterocycles. The van der Waals surface area contributed by atoms with Crippen molar-refractivity contribution in [3.8, 4) is 11.5 Å². The number of carbonyl (C=O) groups is 1. The lowest BCUT2D eigenvalue weighted by Crippen LogP contribution is -2.35. The minimum Gasteiger partial charge on any atom is -0.504 e. The first-order chi connectivity index (χ1) is 7.06. The lowest BCUT2D eigenvalue weighted by Gasteiger charge is -2.12. The van der Waals surface area contributed by atoms with Crippen molar-refractivity contribution < 1.29 is 20.1 Å². The van der Waals surface area contributed by atoms with E-state index in [2.05, 4.69) is 5.32 Å². The first-order valence-corrected chi connectivity index (χ1v) is 4.46. The highest BCUT2D eigenvalue weighted by atomic mass is 16.4. The van der Waals surface area contributed by atoms with Crippen molar-refractivity contribution in [3.63, 3.8) is 0 Å². The Morgan fingerprint density at radius 2 is 2.13 bits per heavy atom. The molecule has 1 aromatic rings. The number of nitrogens with one attached hydrogen (secondary N) is 1. The highest BCUT2D eigenvalue weighted by Gasteiger charge is 2.18. The Labute approximate surface area is 87.0 Å².